The van der Waals surface area contributed by atoms with Crippen molar-refractivity contribution in [1.82, 2.24) is 9.62 Å². The maximum Gasteiger partial charge on any atom is 0.246 e. The van der Waals surface area contributed by atoms with Crippen molar-refractivity contribution in [1.29, 1.82) is 0 Å². The first-order chi connectivity index (χ1) is 11.5. The third-order valence-corrected chi connectivity index (χ3v) is 6.16. The fourth-order valence-electron chi connectivity index (χ4n) is 2.88. The lowest BCUT2D eigenvalue weighted by Crippen LogP contribution is -2.42. The minimum Gasteiger partial charge on any atom is -0.490 e. The molecule has 1 fully saturated rings. The van der Waals surface area contributed by atoms with Crippen LogP contribution in [0.2, 0.25) is 5.02 Å². The van der Waals surface area contributed by atoms with Gasteiger partial charge in [0.25, 0.3) is 0 Å². The molecule has 0 radical (unpaired) electrons. The van der Waals surface area contributed by atoms with Crippen LogP contribution in [0.5, 0.6) is 5.75 Å². The van der Waals surface area contributed by atoms with E-state index < -0.39 is 10.0 Å². The van der Waals surface area contributed by atoms with Crippen molar-refractivity contribution >= 4 is 34.0 Å². The number of nitrogens with zero attached hydrogens (tertiary/aromatic N) is 1. The van der Waals surface area contributed by atoms with E-state index >= 15 is 0 Å². The summed E-state index contributed by atoms with van der Waals surface area (Å²) in [5.41, 5.74) is 0. The molecular weight excluding hydrogens is 387 g/mol. The van der Waals surface area contributed by atoms with Crippen LogP contribution in [0.15, 0.2) is 23.1 Å². The first-order valence-electron chi connectivity index (χ1n) is 8.05. The van der Waals surface area contributed by atoms with Gasteiger partial charge in [-0.15, -0.1) is 12.4 Å². The lowest BCUT2D eigenvalue weighted by atomic mass is 10.00. The number of nitrogens with one attached hydrogen (secondary N) is 1. The van der Waals surface area contributed by atoms with Gasteiger partial charge in [-0.2, -0.15) is 4.31 Å². The summed E-state index contributed by atoms with van der Waals surface area (Å²) in [4.78, 5) is 0.121. The van der Waals surface area contributed by atoms with Crippen molar-refractivity contribution in [3.8, 4) is 5.75 Å². The van der Waals surface area contributed by atoms with E-state index in [0.29, 0.717) is 36.4 Å². The van der Waals surface area contributed by atoms with Crippen LogP contribution in [0.3, 0.4) is 0 Å². The second kappa shape index (κ2) is 10.5. The Morgan fingerprint density at radius 2 is 2.12 bits per heavy atom. The Kier molecular flexibility index (Phi) is 9.48. The molecule has 1 aliphatic heterocycles. The topological polar surface area (TPSA) is 67.9 Å². The van der Waals surface area contributed by atoms with E-state index in [1.807, 2.05) is 7.05 Å². The number of halogens is 2. The fourth-order valence-corrected chi connectivity index (χ4v) is 4.83. The lowest BCUT2D eigenvalue weighted by Gasteiger charge is -2.32. The summed E-state index contributed by atoms with van der Waals surface area (Å²) in [7, 11) is -0.199. The van der Waals surface area contributed by atoms with Crippen molar-refractivity contribution in [2.24, 2.45) is 5.92 Å². The van der Waals surface area contributed by atoms with Crippen LogP contribution >= 0.6 is 24.0 Å². The summed E-state index contributed by atoms with van der Waals surface area (Å²) < 4.78 is 38.2. The van der Waals surface area contributed by atoms with Gasteiger partial charge in [-0.25, -0.2) is 8.42 Å². The van der Waals surface area contributed by atoms with E-state index in [1.54, 1.807) is 19.2 Å². The highest BCUT2D eigenvalue weighted by atomic mass is 35.5. The zero-order valence-corrected chi connectivity index (χ0v) is 16.9. The van der Waals surface area contributed by atoms with Crippen molar-refractivity contribution in [3.63, 3.8) is 0 Å². The monoisotopic (exact) mass is 412 g/mol. The zero-order valence-electron chi connectivity index (χ0n) is 14.5. The molecule has 1 saturated heterocycles. The molecule has 25 heavy (non-hydrogen) atoms. The van der Waals surface area contributed by atoms with E-state index in [-0.39, 0.29) is 23.9 Å². The minimum absolute atomic E-state index is 0. The molecule has 0 aliphatic carbocycles. The van der Waals surface area contributed by atoms with E-state index in [1.165, 1.54) is 10.4 Å². The number of hydrogen-bond acceptors (Lipinski definition) is 5. The third kappa shape index (κ3) is 5.98. The number of piperidine rings is 1. The predicted molar refractivity (Wildman–Crippen MR) is 101 cm³/mol. The molecule has 144 valence electrons. The summed E-state index contributed by atoms with van der Waals surface area (Å²) in [6.45, 7) is 2.50. The van der Waals surface area contributed by atoms with E-state index in [2.05, 4.69) is 5.32 Å². The van der Waals surface area contributed by atoms with Gasteiger partial charge in [0.2, 0.25) is 10.0 Å². The van der Waals surface area contributed by atoms with E-state index in [9.17, 15) is 8.42 Å². The molecule has 6 nitrogen and oxygen atoms in total. The largest absolute Gasteiger partial charge is 0.490 e. The molecule has 0 amide bonds. The Balaban J connectivity index is 0.00000312. The molecular formula is C16H26Cl2N2O4S. The minimum atomic E-state index is -3.65. The van der Waals surface area contributed by atoms with Gasteiger partial charge < -0.3 is 14.8 Å². The molecule has 1 unspecified atom stereocenters. The molecule has 1 heterocycles. The van der Waals surface area contributed by atoms with Crippen LogP contribution in [0.4, 0.5) is 0 Å². The quantitative estimate of drug-likeness (QED) is 0.663. The second-order valence-electron chi connectivity index (χ2n) is 5.86. The van der Waals surface area contributed by atoms with Gasteiger partial charge in [0.1, 0.15) is 17.3 Å². The molecule has 1 N–H and O–H groups in total. The fraction of sp³-hybridized carbons (Fsp3) is 0.625. The maximum atomic E-state index is 13.1. The van der Waals surface area contributed by atoms with Gasteiger partial charge in [-0.3, -0.25) is 0 Å². The molecule has 1 aromatic rings. The molecule has 0 saturated carbocycles. The van der Waals surface area contributed by atoms with Gasteiger partial charge in [-0.05, 0) is 50.6 Å². The number of methoxy groups -OCH3 is 1. The highest BCUT2D eigenvalue weighted by Crippen LogP contribution is 2.32. The highest BCUT2D eigenvalue weighted by Gasteiger charge is 2.32. The van der Waals surface area contributed by atoms with Crippen LogP contribution in [-0.2, 0) is 14.8 Å². The normalized spacial score (nSPS) is 18.6. The van der Waals surface area contributed by atoms with E-state index in [4.69, 9.17) is 21.1 Å². The zero-order chi connectivity index (χ0) is 17.6. The molecule has 2 rings (SSSR count). The SMILES string of the molecule is CNCC1CCCN(S(=O)(=O)c2cc(Cl)ccc2OCCOC)C1.Cl. The molecule has 9 heteroatoms. The Hall–Kier alpha value is -0.570. The van der Waals surface area contributed by atoms with Gasteiger partial charge in [0, 0.05) is 25.2 Å². The predicted octanol–water partition coefficient (Wildman–Crippen LogP) is 2.41. The summed E-state index contributed by atoms with van der Waals surface area (Å²) in [5, 5.41) is 3.49. The van der Waals surface area contributed by atoms with Crippen molar-refractivity contribution in [2.45, 2.75) is 17.7 Å². The van der Waals surface area contributed by atoms with Crippen LogP contribution < -0.4 is 10.1 Å². The second-order valence-corrected chi connectivity index (χ2v) is 8.20. The Bertz CT molecular complexity index is 641. The standard InChI is InChI=1S/C16H25ClN2O4S.ClH/c1-18-11-13-4-3-7-19(12-13)24(20,21)16-10-14(17)5-6-15(16)23-9-8-22-2;/h5-6,10,13,18H,3-4,7-9,11-12H2,1-2H3;1H. The number of ether oxygens (including phenoxy) is 2. The first-order valence-corrected chi connectivity index (χ1v) is 9.87. The molecule has 1 atom stereocenters. The van der Waals surface area contributed by atoms with Crippen molar-refractivity contribution in [2.75, 3.05) is 47.0 Å². The van der Waals surface area contributed by atoms with Crippen molar-refractivity contribution in [3.05, 3.63) is 23.2 Å². The average Bonchev–Trinajstić information content (AvgIpc) is 2.57. The third-order valence-electron chi connectivity index (χ3n) is 4.04. The smallest absolute Gasteiger partial charge is 0.246 e. The van der Waals surface area contributed by atoms with Crippen LogP contribution in [0.1, 0.15) is 12.8 Å². The number of hydrogen-bond donors (Lipinski definition) is 1. The van der Waals surface area contributed by atoms with Crippen molar-refractivity contribution < 1.29 is 17.9 Å². The lowest BCUT2D eigenvalue weighted by molar-refractivity contribution is 0.144. The molecule has 1 aromatic carbocycles. The highest BCUT2D eigenvalue weighted by molar-refractivity contribution is 7.89. The Morgan fingerprint density at radius 3 is 2.80 bits per heavy atom. The average molecular weight is 413 g/mol. The molecule has 1 aliphatic rings. The van der Waals surface area contributed by atoms with Gasteiger partial charge in [-0.1, -0.05) is 11.6 Å². The molecule has 0 spiro atoms. The summed E-state index contributed by atoms with van der Waals surface area (Å²) >= 11 is 6.03. The van der Waals surface area contributed by atoms with Gasteiger partial charge >= 0.3 is 0 Å². The van der Waals surface area contributed by atoms with Crippen LogP contribution in [-0.4, -0.2) is 59.7 Å². The summed E-state index contributed by atoms with van der Waals surface area (Å²) in [6, 6.07) is 4.68. The molecule has 0 bridgehead atoms. The van der Waals surface area contributed by atoms with Gasteiger partial charge in [0.05, 0.1) is 6.61 Å². The maximum absolute atomic E-state index is 13.1. The Labute approximate surface area is 161 Å². The summed E-state index contributed by atoms with van der Waals surface area (Å²) in [6.07, 6.45) is 1.88. The number of rotatable bonds is 8. The van der Waals surface area contributed by atoms with Gasteiger partial charge in [0.15, 0.2) is 0 Å². The first kappa shape index (κ1) is 22.5. The van der Waals surface area contributed by atoms with Crippen LogP contribution in [0, 0.1) is 5.92 Å². The Morgan fingerprint density at radius 1 is 1.36 bits per heavy atom. The number of benzene rings is 1. The van der Waals surface area contributed by atoms with Crippen LogP contribution in [0.25, 0.3) is 0 Å². The number of sulfonamides is 1. The van der Waals surface area contributed by atoms with E-state index in [0.717, 1.165) is 19.4 Å². The summed E-state index contributed by atoms with van der Waals surface area (Å²) in [5.74, 6) is 0.628. The molecule has 0 aromatic heterocycles.